The first-order valence-electron chi connectivity index (χ1n) is 14.3. The summed E-state index contributed by atoms with van der Waals surface area (Å²) in [5.41, 5.74) is 4.20. The summed E-state index contributed by atoms with van der Waals surface area (Å²) in [6.07, 6.45) is 6.02. The van der Waals surface area contributed by atoms with Gasteiger partial charge < -0.3 is 14.6 Å². The highest BCUT2D eigenvalue weighted by atomic mass is 19.1. The molecule has 6 rings (SSSR count). The molecule has 4 nitrogen and oxygen atoms in total. The lowest BCUT2D eigenvalue weighted by Crippen LogP contribution is -2.23. The first-order valence-corrected chi connectivity index (χ1v) is 14.3. The van der Waals surface area contributed by atoms with Crippen LogP contribution in [-0.4, -0.2) is 18.2 Å². The molecule has 3 aromatic carbocycles. The lowest BCUT2D eigenvalue weighted by Gasteiger charge is -2.30. The lowest BCUT2D eigenvalue weighted by molar-refractivity contribution is -0.139. The van der Waals surface area contributed by atoms with Gasteiger partial charge >= 0.3 is 5.97 Å². The van der Waals surface area contributed by atoms with Crippen LogP contribution in [0.1, 0.15) is 80.5 Å². The number of halogens is 2. The molecule has 0 saturated heterocycles. The molecule has 0 aromatic heterocycles. The van der Waals surface area contributed by atoms with E-state index in [1.165, 1.54) is 6.07 Å². The normalized spacial score (nSPS) is 24.5. The summed E-state index contributed by atoms with van der Waals surface area (Å²) in [5, 5.41) is 9.63. The largest absolute Gasteiger partial charge is 0.497 e. The molecule has 3 atom stereocenters. The molecule has 6 heteroatoms. The zero-order valence-corrected chi connectivity index (χ0v) is 23.4. The molecule has 1 spiro atoms. The molecule has 0 unspecified atom stereocenters. The second-order valence-corrected chi connectivity index (χ2v) is 12.5. The lowest BCUT2D eigenvalue weighted by atomic mass is 9.75. The van der Waals surface area contributed by atoms with Crippen molar-refractivity contribution in [1.29, 1.82) is 0 Å². The van der Waals surface area contributed by atoms with Crippen LogP contribution >= 0.6 is 0 Å². The van der Waals surface area contributed by atoms with E-state index in [2.05, 4.69) is 19.9 Å². The number of aliphatic carboxylic acids is 1. The maximum absolute atomic E-state index is 15.9. The van der Waals surface area contributed by atoms with Gasteiger partial charge in [-0.05, 0) is 96.4 Å². The third kappa shape index (κ3) is 4.46. The molecule has 2 saturated carbocycles. The van der Waals surface area contributed by atoms with Crippen LogP contribution < -0.4 is 9.47 Å². The van der Waals surface area contributed by atoms with Crippen molar-refractivity contribution in [2.45, 2.75) is 76.7 Å². The summed E-state index contributed by atoms with van der Waals surface area (Å²) in [6.45, 7) is 4.69. The molecule has 1 N–H and O–H groups in total. The highest BCUT2D eigenvalue weighted by Crippen LogP contribution is 2.61. The summed E-state index contributed by atoms with van der Waals surface area (Å²) >= 11 is 0. The molecule has 0 aliphatic heterocycles. The predicted molar refractivity (Wildman–Crippen MR) is 150 cm³/mol. The minimum Gasteiger partial charge on any atom is -0.497 e. The molecule has 0 bridgehead atoms. The van der Waals surface area contributed by atoms with Crippen molar-refractivity contribution in [2.75, 3.05) is 7.11 Å². The Morgan fingerprint density at radius 3 is 2.55 bits per heavy atom. The minimum atomic E-state index is -0.853. The highest BCUT2D eigenvalue weighted by molar-refractivity contribution is 5.78. The van der Waals surface area contributed by atoms with Crippen LogP contribution in [0.5, 0.6) is 11.5 Å². The van der Waals surface area contributed by atoms with E-state index in [9.17, 15) is 9.90 Å². The van der Waals surface area contributed by atoms with Gasteiger partial charge in [0.2, 0.25) is 0 Å². The molecule has 40 heavy (non-hydrogen) atoms. The van der Waals surface area contributed by atoms with Crippen molar-refractivity contribution >= 4 is 5.97 Å². The number of hydrogen-bond donors (Lipinski definition) is 1. The quantitative estimate of drug-likeness (QED) is 0.325. The SMILES string of the molecule is COc1ccc(F)c(-c2ccc(COc3ccc4c(c3F)[C@@]3(CCC4)C[C@H]3C(=O)O)cc2[C@@H]2CCCC2(C)C)c1. The van der Waals surface area contributed by atoms with E-state index in [0.717, 1.165) is 54.4 Å². The van der Waals surface area contributed by atoms with Crippen LogP contribution in [0.4, 0.5) is 8.78 Å². The fourth-order valence-electron chi connectivity index (χ4n) is 7.49. The fraction of sp³-hybridized carbons (Fsp3) is 0.441. The van der Waals surface area contributed by atoms with Gasteiger partial charge in [0.25, 0.3) is 0 Å². The van der Waals surface area contributed by atoms with Crippen LogP contribution in [-0.2, 0) is 23.2 Å². The van der Waals surface area contributed by atoms with E-state index >= 15 is 8.78 Å². The van der Waals surface area contributed by atoms with Gasteiger partial charge in [0.1, 0.15) is 18.2 Å². The molecule has 2 fully saturated rings. The van der Waals surface area contributed by atoms with Crippen molar-refractivity contribution in [1.82, 2.24) is 0 Å². The van der Waals surface area contributed by atoms with Crippen LogP contribution in [0, 0.1) is 23.0 Å². The number of carbonyl (C=O) groups is 1. The number of fused-ring (bicyclic) bond motifs is 2. The van der Waals surface area contributed by atoms with Gasteiger partial charge in [-0.2, -0.15) is 0 Å². The Morgan fingerprint density at radius 2 is 1.85 bits per heavy atom. The number of methoxy groups -OCH3 is 1. The topological polar surface area (TPSA) is 55.8 Å². The third-order valence-corrected chi connectivity index (χ3v) is 9.74. The fourth-order valence-corrected chi connectivity index (χ4v) is 7.49. The van der Waals surface area contributed by atoms with E-state index in [1.54, 1.807) is 25.3 Å². The Bertz CT molecular complexity index is 1480. The maximum Gasteiger partial charge on any atom is 0.307 e. The molecular formula is C34H36F2O4. The van der Waals surface area contributed by atoms with Crippen molar-refractivity contribution in [3.8, 4) is 22.6 Å². The Hall–Kier alpha value is -3.41. The Kier molecular flexibility index (Phi) is 6.63. The third-order valence-electron chi connectivity index (χ3n) is 9.74. The van der Waals surface area contributed by atoms with Gasteiger partial charge in [-0.25, -0.2) is 8.78 Å². The van der Waals surface area contributed by atoms with Gasteiger partial charge in [0, 0.05) is 16.5 Å². The average molecular weight is 547 g/mol. The second-order valence-electron chi connectivity index (χ2n) is 12.5. The van der Waals surface area contributed by atoms with Crippen LogP contribution in [0.3, 0.4) is 0 Å². The second kappa shape index (κ2) is 9.90. The number of aryl methyl sites for hydroxylation is 1. The molecular weight excluding hydrogens is 510 g/mol. The van der Waals surface area contributed by atoms with Crippen molar-refractivity contribution in [2.24, 2.45) is 11.3 Å². The van der Waals surface area contributed by atoms with Crippen molar-refractivity contribution in [3.63, 3.8) is 0 Å². The molecule has 210 valence electrons. The number of benzene rings is 3. The van der Waals surface area contributed by atoms with Gasteiger partial charge in [-0.3, -0.25) is 4.79 Å². The number of rotatable bonds is 7. The molecule has 3 aromatic rings. The first-order chi connectivity index (χ1) is 19.1. The Balaban J connectivity index is 1.33. The predicted octanol–water partition coefficient (Wildman–Crippen LogP) is 8.19. The number of carboxylic acids is 1. The standard InChI is InChI=1S/C34H36F2O4/c1-33(2)14-5-7-26(33)24-16-20(8-11-23(24)25-17-22(39-3)10-12-28(25)35)19-40-29-13-9-21-6-4-15-34(30(21)31(29)36)18-27(34)32(37)38/h8-13,16-17,26-27H,4-7,14-15,18-19H2,1-3H3,(H,37,38)/t26-,27-,34-/m0/s1. The first kappa shape index (κ1) is 26.8. The van der Waals surface area contributed by atoms with E-state index in [0.29, 0.717) is 29.7 Å². The zero-order chi connectivity index (χ0) is 28.2. The molecule has 0 amide bonds. The van der Waals surface area contributed by atoms with Crippen LogP contribution in [0.2, 0.25) is 0 Å². The molecule has 0 radical (unpaired) electrons. The van der Waals surface area contributed by atoms with Crippen molar-refractivity contribution < 1.29 is 28.2 Å². The minimum absolute atomic E-state index is 0.0629. The monoisotopic (exact) mass is 546 g/mol. The summed E-state index contributed by atoms with van der Waals surface area (Å²) in [7, 11) is 1.57. The average Bonchev–Trinajstić information content (AvgIpc) is 3.53. The van der Waals surface area contributed by atoms with E-state index in [4.69, 9.17) is 9.47 Å². The zero-order valence-electron chi connectivity index (χ0n) is 23.4. The molecule has 3 aliphatic rings. The number of ether oxygens (including phenoxy) is 2. The van der Waals surface area contributed by atoms with Gasteiger partial charge in [0.05, 0.1) is 13.0 Å². The van der Waals surface area contributed by atoms with Crippen LogP contribution in [0.25, 0.3) is 11.1 Å². The maximum atomic E-state index is 15.9. The van der Waals surface area contributed by atoms with E-state index in [-0.39, 0.29) is 29.5 Å². The van der Waals surface area contributed by atoms with Gasteiger partial charge in [0.15, 0.2) is 11.6 Å². The summed E-state index contributed by atoms with van der Waals surface area (Å²) in [5.74, 6) is -1.11. The summed E-state index contributed by atoms with van der Waals surface area (Å²) < 4.78 is 42.4. The summed E-state index contributed by atoms with van der Waals surface area (Å²) in [6, 6.07) is 14.3. The van der Waals surface area contributed by atoms with E-state index in [1.807, 2.05) is 18.2 Å². The molecule has 0 heterocycles. The Labute approximate surface area is 234 Å². The number of carboxylic acid groups (broad SMARTS) is 1. The van der Waals surface area contributed by atoms with E-state index < -0.39 is 23.1 Å². The smallest absolute Gasteiger partial charge is 0.307 e. The molecule has 3 aliphatic carbocycles. The van der Waals surface area contributed by atoms with Crippen molar-refractivity contribution in [3.05, 3.63) is 82.4 Å². The number of hydrogen-bond acceptors (Lipinski definition) is 3. The Morgan fingerprint density at radius 1 is 1.02 bits per heavy atom. The van der Waals surface area contributed by atoms with Gasteiger partial charge in [-0.15, -0.1) is 0 Å². The van der Waals surface area contributed by atoms with Gasteiger partial charge in [-0.1, -0.05) is 44.5 Å². The highest BCUT2D eigenvalue weighted by Gasteiger charge is 2.62. The summed E-state index contributed by atoms with van der Waals surface area (Å²) in [4.78, 5) is 11.7. The van der Waals surface area contributed by atoms with Crippen LogP contribution in [0.15, 0.2) is 48.5 Å².